The third-order valence-corrected chi connectivity index (χ3v) is 3.57. The van der Waals surface area contributed by atoms with E-state index < -0.39 is 0 Å². The molecule has 1 unspecified atom stereocenters. The summed E-state index contributed by atoms with van der Waals surface area (Å²) < 4.78 is 3.19. The molecule has 0 aromatic carbocycles. The van der Waals surface area contributed by atoms with E-state index in [1.807, 2.05) is 10.9 Å². The van der Waals surface area contributed by atoms with Crippen molar-refractivity contribution in [3.8, 4) is 0 Å². The summed E-state index contributed by atoms with van der Waals surface area (Å²) in [4.78, 5) is 0. The Hall–Kier alpha value is -0.350. The molecule has 78 valence electrons. The van der Waals surface area contributed by atoms with Gasteiger partial charge in [-0.25, -0.2) is 0 Å². The predicted octanol–water partition coefficient (Wildman–Crippen LogP) is 2.30. The van der Waals surface area contributed by atoms with E-state index in [-0.39, 0.29) is 0 Å². The van der Waals surface area contributed by atoms with Crippen LogP contribution in [0.15, 0.2) is 10.8 Å². The molecule has 1 aromatic rings. The van der Waals surface area contributed by atoms with Crippen molar-refractivity contribution in [3.63, 3.8) is 0 Å². The lowest BCUT2D eigenvalue weighted by atomic mass is 10.0. The zero-order valence-electron chi connectivity index (χ0n) is 8.63. The molecule has 0 radical (unpaired) electrons. The van der Waals surface area contributed by atoms with Crippen molar-refractivity contribution < 1.29 is 0 Å². The molecule has 14 heavy (non-hydrogen) atoms. The summed E-state index contributed by atoms with van der Waals surface area (Å²) in [5.41, 5.74) is 1.35. The van der Waals surface area contributed by atoms with E-state index in [2.05, 4.69) is 40.2 Å². The molecule has 0 bridgehead atoms. The number of rotatable bonds is 2. The second-order valence-corrected chi connectivity index (χ2v) is 4.87. The smallest absolute Gasteiger partial charge is 0.107 e. The van der Waals surface area contributed by atoms with E-state index in [0.29, 0.717) is 12.0 Å². The monoisotopic (exact) mass is 257 g/mol. The fraction of sp³-hybridized carbons (Fsp3) is 0.700. The summed E-state index contributed by atoms with van der Waals surface area (Å²) in [5, 5.41) is 7.78. The molecule has 1 aliphatic rings. The van der Waals surface area contributed by atoms with E-state index in [9.17, 15) is 0 Å². The van der Waals surface area contributed by atoms with Crippen LogP contribution in [0.4, 0.5) is 0 Å². The molecule has 0 saturated carbocycles. The molecule has 3 nitrogen and oxygen atoms in total. The van der Waals surface area contributed by atoms with Crippen molar-refractivity contribution in [2.75, 3.05) is 13.1 Å². The molecule has 2 heterocycles. The third kappa shape index (κ3) is 1.73. The highest BCUT2D eigenvalue weighted by atomic mass is 79.9. The van der Waals surface area contributed by atoms with Crippen molar-refractivity contribution in [1.82, 2.24) is 15.1 Å². The molecule has 1 atom stereocenters. The van der Waals surface area contributed by atoms with E-state index in [1.165, 1.54) is 12.0 Å². The highest BCUT2D eigenvalue weighted by Gasteiger charge is 2.22. The lowest BCUT2D eigenvalue weighted by Crippen LogP contribution is -2.08. The Morgan fingerprint density at radius 3 is 2.93 bits per heavy atom. The van der Waals surface area contributed by atoms with Crippen molar-refractivity contribution >= 4 is 15.9 Å². The molecule has 1 saturated heterocycles. The maximum Gasteiger partial charge on any atom is 0.107 e. The van der Waals surface area contributed by atoms with Crippen LogP contribution in [0.1, 0.15) is 37.8 Å². The lowest BCUT2D eigenvalue weighted by Gasteiger charge is -2.09. The van der Waals surface area contributed by atoms with Crippen molar-refractivity contribution in [2.45, 2.75) is 32.2 Å². The van der Waals surface area contributed by atoms with Crippen molar-refractivity contribution in [1.29, 1.82) is 0 Å². The standard InChI is InChI=1S/C10H16BrN3/c1-7(2)14-10(11)9(6-13-14)8-3-4-12-5-8/h6-8,12H,3-5H2,1-2H3. The van der Waals surface area contributed by atoms with Crippen LogP contribution in [0.3, 0.4) is 0 Å². The molecule has 0 aliphatic carbocycles. The van der Waals surface area contributed by atoms with Gasteiger partial charge in [-0.05, 0) is 42.7 Å². The normalized spacial score (nSPS) is 22.1. The number of aromatic nitrogens is 2. The Morgan fingerprint density at radius 2 is 2.43 bits per heavy atom. The summed E-state index contributed by atoms with van der Waals surface area (Å²) >= 11 is 3.63. The third-order valence-electron chi connectivity index (χ3n) is 2.75. The van der Waals surface area contributed by atoms with Gasteiger partial charge in [0.25, 0.3) is 0 Å². The Balaban J connectivity index is 2.26. The molecule has 2 rings (SSSR count). The van der Waals surface area contributed by atoms with Gasteiger partial charge in [-0.2, -0.15) is 5.10 Å². The summed E-state index contributed by atoms with van der Waals surface area (Å²) in [6.45, 7) is 6.51. The second kappa shape index (κ2) is 4.03. The first kappa shape index (κ1) is 10.2. The minimum atomic E-state index is 0.424. The van der Waals surface area contributed by atoms with Gasteiger partial charge in [0.2, 0.25) is 0 Å². The van der Waals surface area contributed by atoms with Crippen molar-refractivity contribution in [2.24, 2.45) is 0 Å². The van der Waals surface area contributed by atoms with Gasteiger partial charge < -0.3 is 5.32 Å². The first-order chi connectivity index (χ1) is 6.70. The van der Waals surface area contributed by atoms with E-state index in [1.54, 1.807) is 0 Å². The fourth-order valence-electron chi connectivity index (χ4n) is 1.91. The van der Waals surface area contributed by atoms with Crippen molar-refractivity contribution in [3.05, 3.63) is 16.4 Å². The topological polar surface area (TPSA) is 29.9 Å². The minimum Gasteiger partial charge on any atom is -0.316 e. The molecule has 1 fully saturated rings. The first-order valence-electron chi connectivity index (χ1n) is 5.13. The molecule has 0 amide bonds. The van der Waals surface area contributed by atoms with Gasteiger partial charge in [-0.1, -0.05) is 0 Å². The molecular formula is C10H16BrN3. The van der Waals surface area contributed by atoms with Gasteiger partial charge in [0.1, 0.15) is 4.60 Å². The predicted molar refractivity (Wildman–Crippen MR) is 60.5 cm³/mol. The van der Waals surface area contributed by atoms with Gasteiger partial charge in [0, 0.05) is 24.1 Å². The Morgan fingerprint density at radius 1 is 1.64 bits per heavy atom. The molecular weight excluding hydrogens is 242 g/mol. The Kier molecular flexibility index (Phi) is 2.93. The number of nitrogens with zero attached hydrogens (tertiary/aromatic N) is 2. The molecule has 4 heteroatoms. The fourth-order valence-corrected chi connectivity index (χ4v) is 2.84. The van der Waals surface area contributed by atoms with E-state index in [0.717, 1.165) is 17.7 Å². The van der Waals surface area contributed by atoms with Crippen LogP contribution in [-0.2, 0) is 0 Å². The SMILES string of the molecule is CC(C)n1ncc(C2CCNC2)c1Br. The van der Waals surface area contributed by atoms with Crippen LogP contribution in [0.25, 0.3) is 0 Å². The minimum absolute atomic E-state index is 0.424. The summed E-state index contributed by atoms with van der Waals surface area (Å²) in [5.74, 6) is 0.636. The van der Waals surface area contributed by atoms with E-state index in [4.69, 9.17) is 0 Å². The van der Waals surface area contributed by atoms with Gasteiger partial charge in [-0.15, -0.1) is 0 Å². The molecule has 1 N–H and O–H groups in total. The highest BCUT2D eigenvalue weighted by molar-refractivity contribution is 9.10. The van der Waals surface area contributed by atoms with Crippen LogP contribution in [0, 0.1) is 0 Å². The highest BCUT2D eigenvalue weighted by Crippen LogP contribution is 2.30. The van der Waals surface area contributed by atoms with Gasteiger partial charge in [-0.3, -0.25) is 4.68 Å². The summed E-state index contributed by atoms with van der Waals surface area (Å²) in [6, 6.07) is 0.424. The first-order valence-corrected chi connectivity index (χ1v) is 5.93. The van der Waals surface area contributed by atoms with Crippen LogP contribution in [0.5, 0.6) is 0 Å². The maximum atomic E-state index is 4.40. The molecule has 1 aliphatic heterocycles. The lowest BCUT2D eigenvalue weighted by molar-refractivity contribution is 0.520. The van der Waals surface area contributed by atoms with Crippen LogP contribution < -0.4 is 5.32 Å². The van der Waals surface area contributed by atoms with Gasteiger partial charge in [0.15, 0.2) is 0 Å². The average molecular weight is 258 g/mol. The zero-order valence-corrected chi connectivity index (χ0v) is 10.2. The van der Waals surface area contributed by atoms with Crippen LogP contribution in [0.2, 0.25) is 0 Å². The molecule has 1 aromatic heterocycles. The number of hydrogen-bond acceptors (Lipinski definition) is 2. The number of halogens is 1. The van der Waals surface area contributed by atoms with Gasteiger partial charge in [0.05, 0.1) is 6.20 Å². The largest absolute Gasteiger partial charge is 0.316 e. The summed E-state index contributed by atoms with van der Waals surface area (Å²) in [7, 11) is 0. The maximum absolute atomic E-state index is 4.40. The molecule has 0 spiro atoms. The van der Waals surface area contributed by atoms with Gasteiger partial charge >= 0.3 is 0 Å². The summed E-state index contributed by atoms with van der Waals surface area (Å²) in [6.07, 6.45) is 3.23. The number of hydrogen-bond donors (Lipinski definition) is 1. The Labute approximate surface area is 93.0 Å². The number of nitrogens with one attached hydrogen (secondary N) is 1. The second-order valence-electron chi connectivity index (χ2n) is 4.12. The zero-order chi connectivity index (χ0) is 10.1. The Bertz CT molecular complexity index is 313. The average Bonchev–Trinajstić information content (AvgIpc) is 2.71. The van der Waals surface area contributed by atoms with Crippen LogP contribution in [-0.4, -0.2) is 22.9 Å². The van der Waals surface area contributed by atoms with E-state index >= 15 is 0 Å². The quantitative estimate of drug-likeness (QED) is 0.882. The van der Waals surface area contributed by atoms with Crippen LogP contribution >= 0.6 is 15.9 Å².